The zero-order valence-electron chi connectivity index (χ0n) is 6.96. The van der Waals surface area contributed by atoms with Gasteiger partial charge in [-0.1, -0.05) is 24.3 Å². The number of hydrogen-bond acceptors (Lipinski definition) is 1. The largest absolute Gasteiger partial charge is 0.143 e. The Labute approximate surface area is 78.7 Å². The summed E-state index contributed by atoms with van der Waals surface area (Å²) in [5, 5.41) is 0. The summed E-state index contributed by atoms with van der Waals surface area (Å²) < 4.78 is 0. The van der Waals surface area contributed by atoms with E-state index in [0.29, 0.717) is 0 Å². The SMILES string of the molecule is Sc1ccccc1C1=CCCC1. The van der Waals surface area contributed by atoms with Crippen LogP contribution in [0.3, 0.4) is 0 Å². The molecule has 0 saturated carbocycles. The highest BCUT2D eigenvalue weighted by molar-refractivity contribution is 7.80. The van der Waals surface area contributed by atoms with E-state index < -0.39 is 0 Å². The van der Waals surface area contributed by atoms with Crippen LogP contribution in [0.5, 0.6) is 0 Å². The summed E-state index contributed by atoms with van der Waals surface area (Å²) in [6.45, 7) is 0. The Balaban J connectivity index is 2.39. The monoisotopic (exact) mass is 176 g/mol. The first-order valence-corrected chi connectivity index (χ1v) is 4.80. The Morgan fingerprint density at radius 2 is 2.00 bits per heavy atom. The average molecular weight is 176 g/mol. The van der Waals surface area contributed by atoms with Gasteiger partial charge in [0.1, 0.15) is 0 Å². The molecule has 1 aromatic carbocycles. The average Bonchev–Trinajstić information content (AvgIpc) is 2.57. The van der Waals surface area contributed by atoms with Gasteiger partial charge in [-0.3, -0.25) is 0 Å². The molecule has 2 rings (SSSR count). The van der Waals surface area contributed by atoms with Crippen molar-refractivity contribution in [2.75, 3.05) is 0 Å². The second-order valence-electron chi connectivity index (χ2n) is 3.14. The maximum absolute atomic E-state index is 4.43. The summed E-state index contributed by atoms with van der Waals surface area (Å²) in [5.74, 6) is 0. The van der Waals surface area contributed by atoms with Gasteiger partial charge in [0.15, 0.2) is 0 Å². The van der Waals surface area contributed by atoms with Gasteiger partial charge in [0.2, 0.25) is 0 Å². The maximum Gasteiger partial charge on any atom is 0.0115 e. The summed E-state index contributed by atoms with van der Waals surface area (Å²) in [5.41, 5.74) is 2.79. The number of rotatable bonds is 1. The van der Waals surface area contributed by atoms with Crippen molar-refractivity contribution in [3.63, 3.8) is 0 Å². The Morgan fingerprint density at radius 1 is 1.17 bits per heavy atom. The van der Waals surface area contributed by atoms with E-state index in [-0.39, 0.29) is 0 Å². The minimum absolute atomic E-state index is 1.10. The molecular weight excluding hydrogens is 164 g/mol. The second kappa shape index (κ2) is 3.36. The van der Waals surface area contributed by atoms with Crippen LogP contribution in [0, 0.1) is 0 Å². The first-order chi connectivity index (χ1) is 5.88. The summed E-state index contributed by atoms with van der Waals surface area (Å²) in [7, 11) is 0. The van der Waals surface area contributed by atoms with Crippen LogP contribution in [0.1, 0.15) is 24.8 Å². The van der Waals surface area contributed by atoms with Gasteiger partial charge in [-0.2, -0.15) is 0 Å². The fourth-order valence-corrected chi connectivity index (χ4v) is 1.96. The van der Waals surface area contributed by atoms with E-state index in [1.807, 2.05) is 6.07 Å². The van der Waals surface area contributed by atoms with Crippen molar-refractivity contribution < 1.29 is 0 Å². The Bertz CT molecular complexity index is 313. The van der Waals surface area contributed by atoms with Crippen LogP contribution in [-0.2, 0) is 0 Å². The third-order valence-electron chi connectivity index (χ3n) is 2.29. The van der Waals surface area contributed by atoms with Crippen LogP contribution in [-0.4, -0.2) is 0 Å². The molecule has 62 valence electrons. The Hall–Kier alpha value is -0.690. The number of benzene rings is 1. The van der Waals surface area contributed by atoms with Crippen molar-refractivity contribution in [1.29, 1.82) is 0 Å². The van der Waals surface area contributed by atoms with E-state index in [0.717, 1.165) is 4.90 Å². The molecule has 0 bridgehead atoms. The molecule has 0 nitrogen and oxygen atoms in total. The zero-order valence-corrected chi connectivity index (χ0v) is 7.85. The molecule has 0 aromatic heterocycles. The van der Waals surface area contributed by atoms with E-state index >= 15 is 0 Å². The molecule has 0 atom stereocenters. The number of allylic oxidation sites excluding steroid dienone is 2. The number of thiol groups is 1. The molecule has 1 aromatic rings. The fourth-order valence-electron chi connectivity index (χ4n) is 1.66. The molecule has 0 amide bonds. The van der Waals surface area contributed by atoms with Gasteiger partial charge >= 0.3 is 0 Å². The van der Waals surface area contributed by atoms with Crippen molar-refractivity contribution in [1.82, 2.24) is 0 Å². The highest BCUT2D eigenvalue weighted by atomic mass is 32.1. The first kappa shape index (κ1) is 7.93. The van der Waals surface area contributed by atoms with Crippen molar-refractivity contribution in [2.45, 2.75) is 24.2 Å². The van der Waals surface area contributed by atoms with Crippen molar-refractivity contribution in [3.8, 4) is 0 Å². The highest BCUT2D eigenvalue weighted by Gasteiger charge is 2.08. The topological polar surface area (TPSA) is 0 Å². The quantitative estimate of drug-likeness (QED) is 0.622. The predicted octanol–water partition coefficient (Wildman–Crippen LogP) is 3.54. The lowest BCUT2D eigenvalue weighted by molar-refractivity contribution is 0.934. The molecule has 0 unspecified atom stereocenters. The zero-order chi connectivity index (χ0) is 8.39. The van der Waals surface area contributed by atoms with Crippen LogP contribution >= 0.6 is 12.6 Å². The van der Waals surface area contributed by atoms with Gasteiger partial charge in [-0.05, 0) is 36.5 Å². The lowest BCUT2D eigenvalue weighted by Crippen LogP contribution is -1.81. The van der Waals surface area contributed by atoms with Gasteiger partial charge in [0.05, 0.1) is 0 Å². The van der Waals surface area contributed by atoms with Crippen LogP contribution < -0.4 is 0 Å². The van der Waals surface area contributed by atoms with Gasteiger partial charge in [-0.25, -0.2) is 0 Å². The van der Waals surface area contributed by atoms with Crippen molar-refractivity contribution in [2.24, 2.45) is 0 Å². The van der Waals surface area contributed by atoms with E-state index in [1.165, 1.54) is 30.4 Å². The van der Waals surface area contributed by atoms with Crippen LogP contribution in [0.2, 0.25) is 0 Å². The van der Waals surface area contributed by atoms with E-state index in [9.17, 15) is 0 Å². The molecule has 1 heteroatoms. The lowest BCUT2D eigenvalue weighted by atomic mass is 10.1. The van der Waals surface area contributed by atoms with Crippen LogP contribution in [0.25, 0.3) is 5.57 Å². The second-order valence-corrected chi connectivity index (χ2v) is 3.62. The third-order valence-corrected chi connectivity index (χ3v) is 2.68. The summed E-state index contributed by atoms with van der Waals surface area (Å²) >= 11 is 4.43. The minimum atomic E-state index is 1.10. The summed E-state index contributed by atoms with van der Waals surface area (Å²) in [6, 6.07) is 8.31. The Morgan fingerprint density at radius 3 is 2.67 bits per heavy atom. The molecule has 0 radical (unpaired) electrons. The fraction of sp³-hybridized carbons (Fsp3) is 0.273. The molecular formula is C11H12S. The smallest absolute Gasteiger partial charge is 0.0115 e. The minimum Gasteiger partial charge on any atom is -0.143 e. The number of hydrogen-bond donors (Lipinski definition) is 1. The van der Waals surface area contributed by atoms with E-state index in [2.05, 4.69) is 36.9 Å². The molecule has 1 aliphatic rings. The van der Waals surface area contributed by atoms with Crippen molar-refractivity contribution >= 4 is 18.2 Å². The van der Waals surface area contributed by atoms with Gasteiger partial charge in [-0.15, -0.1) is 12.6 Å². The van der Waals surface area contributed by atoms with Gasteiger partial charge in [0, 0.05) is 4.90 Å². The lowest BCUT2D eigenvalue weighted by Gasteiger charge is -2.04. The van der Waals surface area contributed by atoms with Gasteiger partial charge < -0.3 is 0 Å². The molecule has 0 fully saturated rings. The third kappa shape index (κ3) is 1.42. The summed E-state index contributed by atoms with van der Waals surface area (Å²) in [6.07, 6.45) is 6.08. The first-order valence-electron chi connectivity index (χ1n) is 4.35. The van der Waals surface area contributed by atoms with E-state index in [1.54, 1.807) is 0 Å². The highest BCUT2D eigenvalue weighted by Crippen LogP contribution is 2.30. The van der Waals surface area contributed by atoms with Crippen LogP contribution in [0.4, 0.5) is 0 Å². The molecule has 12 heavy (non-hydrogen) atoms. The maximum atomic E-state index is 4.43. The Kier molecular flexibility index (Phi) is 2.22. The molecule has 0 N–H and O–H groups in total. The van der Waals surface area contributed by atoms with Crippen molar-refractivity contribution in [3.05, 3.63) is 35.9 Å². The molecule has 0 aliphatic heterocycles. The van der Waals surface area contributed by atoms with Gasteiger partial charge in [0.25, 0.3) is 0 Å². The standard InChI is InChI=1S/C11H12S/c12-11-8-4-3-7-10(11)9-5-1-2-6-9/h3-5,7-8,12H,1-2,6H2. The molecule has 0 saturated heterocycles. The molecule has 0 spiro atoms. The predicted molar refractivity (Wildman–Crippen MR) is 55.5 cm³/mol. The normalized spacial score (nSPS) is 16.2. The summed E-state index contributed by atoms with van der Waals surface area (Å²) in [4.78, 5) is 1.10. The van der Waals surface area contributed by atoms with Crippen LogP contribution in [0.15, 0.2) is 35.2 Å². The van der Waals surface area contributed by atoms with E-state index in [4.69, 9.17) is 0 Å². The molecule has 1 aliphatic carbocycles. The molecule has 0 heterocycles.